The first kappa shape index (κ1) is 12.0. The third-order valence-corrected chi connectivity index (χ3v) is 1.74. The quantitative estimate of drug-likeness (QED) is 0.755. The van der Waals surface area contributed by atoms with E-state index in [1.165, 1.54) is 4.90 Å². The van der Waals surface area contributed by atoms with Gasteiger partial charge in [-0.1, -0.05) is 5.16 Å². The Morgan fingerprint density at radius 2 is 2.27 bits per heavy atom. The van der Waals surface area contributed by atoms with Crippen molar-refractivity contribution in [3.63, 3.8) is 0 Å². The molecule has 0 bridgehead atoms. The van der Waals surface area contributed by atoms with Crippen molar-refractivity contribution in [2.45, 2.75) is 19.9 Å². The van der Waals surface area contributed by atoms with Crippen LogP contribution in [0.1, 0.15) is 11.7 Å². The van der Waals surface area contributed by atoms with Gasteiger partial charge in [-0.25, -0.2) is 8.78 Å². The van der Waals surface area contributed by atoms with Crippen LogP contribution in [0.25, 0.3) is 0 Å². The van der Waals surface area contributed by atoms with Gasteiger partial charge in [-0.05, 0) is 6.92 Å². The summed E-state index contributed by atoms with van der Waals surface area (Å²) in [4.78, 5) is 5.25. The Balaban J connectivity index is 2.50. The van der Waals surface area contributed by atoms with Gasteiger partial charge in [0.1, 0.15) is 0 Å². The topological polar surface area (TPSA) is 62.4 Å². The van der Waals surface area contributed by atoms with Gasteiger partial charge in [-0.2, -0.15) is 4.98 Å². The average Bonchev–Trinajstić information content (AvgIpc) is 2.50. The van der Waals surface area contributed by atoms with Crippen molar-refractivity contribution in [3.05, 3.63) is 11.7 Å². The summed E-state index contributed by atoms with van der Waals surface area (Å²) in [5, 5.41) is 12.2. The Morgan fingerprint density at radius 1 is 1.53 bits per heavy atom. The fourth-order valence-electron chi connectivity index (χ4n) is 1.17. The first-order valence-electron chi connectivity index (χ1n) is 4.52. The van der Waals surface area contributed by atoms with E-state index in [9.17, 15) is 8.78 Å². The van der Waals surface area contributed by atoms with Crippen LogP contribution >= 0.6 is 0 Å². The maximum Gasteiger partial charge on any atom is 0.251 e. The number of halogens is 2. The lowest BCUT2D eigenvalue weighted by Gasteiger charge is -2.18. The molecule has 0 saturated heterocycles. The summed E-state index contributed by atoms with van der Waals surface area (Å²) in [5.41, 5.74) is 0. The van der Waals surface area contributed by atoms with Crippen LogP contribution in [0.4, 0.5) is 8.78 Å². The first-order valence-corrected chi connectivity index (χ1v) is 4.52. The third kappa shape index (κ3) is 4.30. The van der Waals surface area contributed by atoms with Gasteiger partial charge in [-0.15, -0.1) is 0 Å². The van der Waals surface area contributed by atoms with E-state index in [-0.39, 0.29) is 25.6 Å². The Bertz CT molecular complexity index is 293. The first-order chi connectivity index (χ1) is 7.11. The third-order valence-electron chi connectivity index (χ3n) is 1.74. The Morgan fingerprint density at radius 3 is 2.73 bits per heavy atom. The van der Waals surface area contributed by atoms with Crippen LogP contribution < -0.4 is 0 Å². The molecule has 1 aromatic rings. The monoisotopic (exact) mass is 221 g/mol. The molecule has 0 unspecified atom stereocenters. The van der Waals surface area contributed by atoms with Crippen LogP contribution in [-0.2, 0) is 6.54 Å². The number of aromatic nitrogens is 2. The molecule has 15 heavy (non-hydrogen) atoms. The molecule has 7 heteroatoms. The van der Waals surface area contributed by atoms with Gasteiger partial charge in [0.05, 0.1) is 19.7 Å². The van der Waals surface area contributed by atoms with E-state index in [0.29, 0.717) is 5.82 Å². The maximum absolute atomic E-state index is 12.1. The van der Waals surface area contributed by atoms with E-state index in [2.05, 4.69) is 10.1 Å². The Labute approximate surface area is 85.7 Å². The zero-order valence-corrected chi connectivity index (χ0v) is 8.36. The van der Waals surface area contributed by atoms with E-state index in [1.54, 1.807) is 6.92 Å². The van der Waals surface area contributed by atoms with Gasteiger partial charge < -0.3 is 9.63 Å². The van der Waals surface area contributed by atoms with Crippen molar-refractivity contribution in [1.82, 2.24) is 15.0 Å². The molecule has 0 amide bonds. The van der Waals surface area contributed by atoms with Crippen LogP contribution in [0.3, 0.4) is 0 Å². The highest BCUT2D eigenvalue weighted by Gasteiger charge is 2.14. The molecule has 1 rings (SSSR count). The minimum atomic E-state index is -2.44. The van der Waals surface area contributed by atoms with Crippen molar-refractivity contribution in [2.75, 3.05) is 19.7 Å². The van der Waals surface area contributed by atoms with Gasteiger partial charge in [0, 0.05) is 6.54 Å². The van der Waals surface area contributed by atoms with E-state index < -0.39 is 13.0 Å². The number of aryl methyl sites for hydroxylation is 1. The summed E-state index contributed by atoms with van der Waals surface area (Å²) in [6.45, 7) is 1.34. The summed E-state index contributed by atoms with van der Waals surface area (Å²) < 4.78 is 29.0. The normalized spacial score (nSPS) is 11.6. The highest BCUT2D eigenvalue weighted by molar-refractivity contribution is 4.82. The molecule has 0 spiro atoms. The van der Waals surface area contributed by atoms with Crippen molar-refractivity contribution < 1.29 is 18.4 Å². The number of aliphatic hydroxyl groups is 1. The fourth-order valence-corrected chi connectivity index (χ4v) is 1.17. The van der Waals surface area contributed by atoms with E-state index in [1.807, 2.05) is 0 Å². The average molecular weight is 221 g/mol. The second kappa shape index (κ2) is 5.72. The summed E-state index contributed by atoms with van der Waals surface area (Å²) >= 11 is 0. The molecule has 1 N–H and O–H groups in total. The summed E-state index contributed by atoms with van der Waals surface area (Å²) in [5.74, 6) is 0.743. The molecule has 1 aromatic heterocycles. The van der Waals surface area contributed by atoms with E-state index in [0.717, 1.165) is 0 Å². The molecule has 0 radical (unpaired) electrons. The molecule has 5 nitrogen and oxygen atoms in total. The number of hydrogen-bond donors (Lipinski definition) is 1. The lowest BCUT2D eigenvalue weighted by atomic mass is 10.4. The number of hydrogen-bond acceptors (Lipinski definition) is 5. The number of aliphatic hydroxyl groups excluding tert-OH is 1. The predicted molar refractivity (Wildman–Crippen MR) is 47.4 cm³/mol. The van der Waals surface area contributed by atoms with Crippen LogP contribution in [0.5, 0.6) is 0 Å². The van der Waals surface area contributed by atoms with Gasteiger partial charge >= 0.3 is 0 Å². The number of rotatable bonds is 6. The minimum Gasteiger partial charge on any atom is -0.395 e. The van der Waals surface area contributed by atoms with Crippen LogP contribution in [-0.4, -0.2) is 46.3 Å². The van der Waals surface area contributed by atoms with Crippen molar-refractivity contribution >= 4 is 0 Å². The fraction of sp³-hybridized carbons (Fsp3) is 0.750. The lowest BCUT2D eigenvalue weighted by Crippen LogP contribution is -2.31. The second-order valence-corrected chi connectivity index (χ2v) is 3.09. The van der Waals surface area contributed by atoms with Gasteiger partial charge in [0.15, 0.2) is 5.82 Å². The molecule has 0 aromatic carbocycles. The summed E-state index contributed by atoms with van der Waals surface area (Å²) in [6.07, 6.45) is -2.44. The zero-order chi connectivity index (χ0) is 11.3. The largest absolute Gasteiger partial charge is 0.395 e. The predicted octanol–water partition coefficient (Wildman–Crippen LogP) is 0.437. The SMILES string of the molecule is Cc1noc(CN(CCO)CC(F)F)n1. The molecule has 0 saturated carbocycles. The van der Waals surface area contributed by atoms with Crippen molar-refractivity contribution in [1.29, 1.82) is 0 Å². The molecule has 86 valence electrons. The molecule has 0 fully saturated rings. The second-order valence-electron chi connectivity index (χ2n) is 3.09. The van der Waals surface area contributed by atoms with E-state index in [4.69, 9.17) is 9.63 Å². The summed E-state index contributed by atoms with van der Waals surface area (Å²) in [7, 11) is 0. The molecule has 0 aliphatic rings. The molecular weight excluding hydrogens is 208 g/mol. The lowest BCUT2D eigenvalue weighted by molar-refractivity contribution is 0.0692. The van der Waals surface area contributed by atoms with Gasteiger partial charge in [0.2, 0.25) is 5.89 Å². The maximum atomic E-state index is 12.1. The minimum absolute atomic E-state index is 0.131. The molecule has 0 atom stereocenters. The Kier molecular flexibility index (Phi) is 4.57. The van der Waals surface area contributed by atoms with Gasteiger partial charge in [-0.3, -0.25) is 4.90 Å². The zero-order valence-electron chi connectivity index (χ0n) is 8.36. The molecule has 0 aliphatic carbocycles. The highest BCUT2D eigenvalue weighted by Crippen LogP contribution is 2.04. The van der Waals surface area contributed by atoms with Crippen LogP contribution in [0, 0.1) is 6.92 Å². The van der Waals surface area contributed by atoms with Crippen molar-refractivity contribution in [3.8, 4) is 0 Å². The van der Waals surface area contributed by atoms with Crippen LogP contribution in [0.2, 0.25) is 0 Å². The number of alkyl halides is 2. The molecule has 0 aliphatic heterocycles. The standard InChI is InChI=1S/C8H13F2N3O2/c1-6-11-8(15-12-6)5-13(2-3-14)4-7(9)10/h7,14H,2-5H2,1H3. The molecular formula is C8H13F2N3O2. The van der Waals surface area contributed by atoms with Crippen molar-refractivity contribution in [2.24, 2.45) is 0 Å². The van der Waals surface area contributed by atoms with Crippen LogP contribution in [0.15, 0.2) is 4.52 Å². The van der Waals surface area contributed by atoms with E-state index >= 15 is 0 Å². The smallest absolute Gasteiger partial charge is 0.251 e. The summed E-state index contributed by atoms with van der Waals surface area (Å²) in [6, 6.07) is 0. The Hall–Kier alpha value is -1.08. The molecule has 1 heterocycles. The number of nitrogens with zero attached hydrogens (tertiary/aromatic N) is 3. The highest BCUT2D eigenvalue weighted by atomic mass is 19.3. The van der Waals surface area contributed by atoms with Gasteiger partial charge in [0.25, 0.3) is 6.43 Å².